The van der Waals surface area contributed by atoms with E-state index in [-0.39, 0.29) is 12.5 Å². The summed E-state index contributed by atoms with van der Waals surface area (Å²) in [5.74, 6) is 0.438. The average molecular weight is 453 g/mol. The number of rotatable bonds is 8. The molecule has 0 saturated carbocycles. The molecule has 3 aromatic carbocycles. The average Bonchev–Trinajstić information content (AvgIpc) is 2.73. The fourth-order valence-electron chi connectivity index (χ4n) is 3.52. The van der Waals surface area contributed by atoms with Crippen molar-refractivity contribution in [2.75, 3.05) is 22.5 Å². The van der Waals surface area contributed by atoms with Crippen LogP contribution in [0, 0.1) is 13.8 Å². The molecule has 0 aromatic heterocycles. The largest absolute Gasteiger partial charge is 0.494 e. The van der Waals surface area contributed by atoms with Crippen molar-refractivity contribution in [1.29, 1.82) is 0 Å². The molecule has 3 aromatic rings. The molecule has 0 unspecified atom stereocenters. The van der Waals surface area contributed by atoms with Gasteiger partial charge in [0.1, 0.15) is 5.75 Å². The number of sulfonamides is 1. The number of carbonyl (C=O) groups is 1. The van der Waals surface area contributed by atoms with Crippen molar-refractivity contribution in [3.8, 4) is 5.75 Å². The van der Waals surface area contributed by atoms with Crippen molar-refractivity contribution in [3.05, 3.63) is 89.0 Å². The number of amides is 1. The van der Waals surface area contributed by atoms with Gasteiger partial charge in [0.2, 0.25) is 10.0 Å². The summed E-state index contributed by atoms with van der Waals surface area (Å²) in [4.78, 5) is 12.6. The van der Waals surface area contributed by atoms with Crippen molar-refractivity contribution in [1.82, 2.24) is 0 Å². The molecule has 0 bridgehead atoms. The zero-order valence-electron chi connectivity index (χ0n) is 18.8. The number of hydrogen-bond acceptors (Lipinski definition) is 4. The van der Waals surface area contributed by atoms with Gasteiger partial charge in [-0.15, -0.1) is 0 Å². The maximum absolute atomic E-state index is 12.6. The van der Waals surface area contributed by atoms with Crippen LogP contribution in [0.25, 0.3) is 0 Å². The van der Waals surface area contributed by atoms with Gasteiger partial charge in [-0.2, -0.15) is 0 Å². The topological polar surface area (TPSA) is 75.7 Å². The molecule has 168 valence electrons. The monoisotopic (exact) mass is 452 g/mol. The lowest BCUT2D eigenvalue weighted by molar-refractivity contribution is 0.102. The number of anilines is 2. The highest BCUT2D eigenvalue weighted by Crippen LogP contribution is 2.28. The van der Waals surface area contributed by atoms with Crippen LogP contribution in [0.5, 0.6) is 5.75 Å². The van der Waals surface area contributed by atoms with Gasteiger partial charge < -0.3 is 10.1 Å². The Hall–Kier alpha value is -3.32. The molecule has 0 saturated heterocycles. The number of aryl methyl sites for hydroxylation is 2. The predicted molar refractivity (Wildman–Crippen MR) is 129 cm³/mol. The first kappa shape index (κ1) is 23.3. The Morgan fingerprint density at radius 3 is 2.19 bits per heavy atom. The Bertz CT molecular complexity index is 1180. The molecule has 0 atom stereocenters. The van der Waals surface area contributed by atoms with Crippen LogP contribution in [-0.4, -0.2) is 27.2 Å². The molecule has 0 aliphatic rings. The summed E-state index contributed by atoms with van der Waals surface area (Å²) >= 11 is 0. The van der Waals surface area contributed by atoms with E-state index in [9.17, 15) is 13.2 Å². The molecule has 1 N–H and O–H groups in total. The number of benzene rings is 3. The van der Waals surface area contributed by atoms with E-state index >= 15 is 0 Å². The van der Waals surface area contributed by atoms with E-state index in [0.29, 0.717) is 29.3 Å². The minimum absolute atomic E-state index is 0.183. The third-order valence-electron chi connectivity index (χ3n) is 5.03. The fourth-order valence-corrected chi connectivity index (χ4v) is 4.53. The van der Waals surface area contributed by atoms with Crippen LogP contribution in [0.3, 0.4) is 0 Å². The fraction of sp³-hybridized carbons (Fsp3) is 0.240. The summed E-state index contributed by atoms with van der Waals surface area (Å²) in [5, 5.41) is 2.86. The third kappa shape index (κ3) is 5.68. The first-order valence-electron chi connectivity index (χ1n) is 10.4. The third-order valence-corrected chi connectivity index (χ3v) is 6.15. The Balaban J connectivity index is 1.78. The van der Waals surface area contributed by atoms with Crippen molar-refractivity contribution < 1.29 is 17.9 Å². The van der Waals surface area contributed by atoms with Gasteiger partial charge in [0, 0.05) is 17.3 Å². The SMILES string of the molecule is CCOc1cccc(NC(=O)c2ccc(CN(c3c(C)cccc3C)S(C)(=O)=O)cc2)c1. The van der Waals surface area contributed by atoms with Crippen molar-refractivity contribution in [3.63, 3.8) is 0 Å². The quantitative estimate of drug-likeness (QED) is 0.526. The normalized spacial score (nSPS) is 11.1. The van der Waals surface area contributed by atoms with Crippen LogP contribution in [0.1, 0.15) is 34.0 Å². The lowest BCUT2D eigenvalue weighted by Gasteiger charge is -2.26. The molecular weight excluding hydrogens is 424 g/mol. The van der Waals surface area contributed by atoms with Crippen LogP contribution >= 0.6 is 0 Å². The van der Waals surface area contributed by atoms with E-state index in [2.05, 4.69) is 5.32 Å². The number of para-hydroxylation sites is 1. The van der Waals surface area contributed by atoms with E-state index in [1.165, 1.54) is 10.6 Å². The number of hydrogen-bond donors (Lipinski definition) is 1. The maximum atomic E-state index is 12.6. The Morgan fingerprint density at radius 1 is 0.969 bits per heavy atom. The zero-order chi connectivity index (χ0) is 23.3. The number of carbonyl (C=O) groups excluding carboxylic acids is 1. The Labute approximate surface area is 189 Å². The zero-order valence-corrected chi connectivity index (χ0v) is 19.6. The smallest absolute Gasteiger partial charge is 0.255 e. The molecule has 0 radical (unpaired) electrons. The van der Waals surface area contributed by atoms with Gasteiger partial charge in [0.05, 0.1) is 25.1 Å². The van der Waals surface area contributed by atoms with Gasteiger partial charge in [-0.1, -0.05) is 36.4 Å². The minimum atomic E-state index is -3.50. The Kier molecular flexibility index (Phi) is 7.20. The number of ether oxygens (including phenoxy) is 1. The second kappa shape index (κ2) is 9.87. The van der Waals surface area contributed by atoms with E-state index in [1.54, 1.807) is 36.4 Å². The highest BCUT2D eigenvalue weighted by molar-refractivity contribution is 7.92. The molecule has 0 aliphatic carbocycles. The standard InChI is InChI=1S/C25H28N2O4S/c1-5-31-23-11-7-10-22(16-23)26-25(28)21-14-12-20(13-15-21)17-27(32(4,29)30)24-18(2)8-6-9-19(24)3/h6-16H,5,17H2,1-4H3,(H,26,28). The summed E-state index contributed by atoms with van der Waals surface area (Å²) in [6.07, 6.45) is 1.21. The summed E-state index contributed by atoms with van der Waals surface area (Å²) in [6.45, 7) is 6.43. The second-order valence-electron chi connectivity index (χ2n) is 7.62. The molecule has 3 rings (SSSR count). The van der Waals surface area contributed by atoms with E-state index in [1.807, 2.05) is 51.1 Å². The van der Waals surface area contributed by atoms with Gasteiger partial charge in [-0.25, -0.2) is 8.42 Å². The first-order valence-corrected chi connectivity index (χ1v) is 12.2. The van der Waals surface area contributed by atoms with Crippen LogP contribution in [0.15, 0.2) is 66.7 Å². The van der Waals surface area contributed by atoms with Crippen LogP contribution in [0.2, 0.25) is 0 Å². The molecule has 7 heteroatoms. The summed E-state index contributed by atoms with van der Waals surface area (Å²) in [7, 11) is -3.50. The molecule has 1 amide bonds. The summed E-state index contributed by atoms with van der Waals surface area (Å²) in [5.41, 5.74) is 4.37. The van der Waals surface area contributed by atoms with E-state index in [0.717, 1.165) is 16.7 Å². The molecule has 0 aliphatic heterocycles. The second-order valence-corrected chi connectivity index (χ2v) is 9.53. The van der Waals surface area contributed by atoms with E-state index in [4.69, 9.17) is 4.74 Å². The maximum Gasteiger partial charge on any atom is 0.255 e. The molecular formula is C25H28N2O4S. The van der Waals surface area contributed by atoms with Crippen molar-refractivity contribution in [2.45, 2.75) is 27.3 Å². The van der Waals surface area contributed by atoms with Gasteiger partial charge in [-0.05, 0) is 61.7 Å². The van der Waals surface area contributed by atoms with Gasteiger partial charge >= 0.3 is 0 Å². The molecule has 0 fully saturated rings. The molecule has 32 heavy (non-hydrogen) atoms. The van der Waals surface area contributed by atoms with E-state index < -0.39 is 10.0 Å². The highest BCUT2D eigenvalue weighted by Gasteiger charge is 2.21. The summed E-state index contributed by atoms with van der Waals surface area (Å²) < 4.78 is 32.0. The van der Waals surface area contributed by atoms with Crippen LogP contribution in [0.4, 0.5) is 11.4 Å². The van der Waals surface area contributed by atoms with Crippen molar-refractivity contribution >= 4 is 27.3 Å². The minimum Gasteiger partial charge on any atom is -0.494 e. The summed E-state index contributed by atoms with van der Waals surface area (Å²) in [6, 6.07) is 19.9. The van der Waals surface area contributed by atoms with Crippen LogP contribution < -0.4 is 14.4 Å². The van der Waals surface area contributed by atoms with Gasteiger partial charge in [0.15, 0.2) is 0 Å². The number of nitrogens with one attached hydrogen (secondary N) is 1. The Morgan fingerprint density at radius 2 is 1.59 bits per heavy atom. The number of nitrogens with zero attached hydrogens (tertiary/aromatic N) is 1. The predicted octanol–water partition coefficient (Wildman–Crippen LogP) is 4.92. The lowest BCUT2D eigenvalue weighted by Crippen LogP contribution is -2.30. The molecule has 0 heterocycles. The molecule has 0 spiro atoms. The van der Waals surface area contributed by atoms with Crippen molar-refractivity contribution in [2.24, 2.45) is 0 Å². The lowest BCUT2D eigenvalue weighted by atomic mass is 10.1. The first-order chi connectivity index (χ1) is 15.2. The molecule has 6 nitrogen and oxygen atoms in total. The van der Waals surface area contributed by atoms with Gasteiger partial charge in [-0.3, -0.25) is 9.10 Å². The van der Waals surface area contributed by atoms with Gasteiger partial charge in [0.25, 0.3) is 5.91 Å². The highest BCUT2D eigenvalue weighted by atomic mass is 32.2. The van der Waals surface area contributed by atoms with Crippen LogP contribution in [-0.2, 0) is 16.6 Å².